The quantitative estimate of drug-likeness (QED) is 0.478. The number of halogens is 2. The van der Waals surface area contributed by atoms with Gasteiger partial charge in [-0.15, -0.1) is 11.3 Å². The zero-order valence-electron chi connectivity index (χ0n) is 16.1. The van der Waals surface area contributed by atoms with Crippen molar-refractivity contribution in [1.29, 1.82) is 0 Å². The Labute approximate surface area is 193 Å². The second kappa shape index (κ2) is 8.84. The molecule has 1 fully saturated rings. The summed E-state index contributed by atoms with van der Waals surface area (Å²) in [5.74, 6) is 0.803. The third-order valence-electron chi connectivity index (χ3n) is 4.90. The number of benzene rings is 2. The fourth-order valence-electron chi connectivity index (χ4n) is 3.25. The summed E-state index contributed by atoms with van der Waals surface area (Å²) in [4.78, 5) is 6.99. The molecule has 30 heavy (non-hydrogen) atoms. The highest BCUT2D eigenvalue weighted by molar-refractivity contribution is 9.10. The van der Waals surface area contributed by atoms with Crippen LogP contribution < -0.4 is 9.64 Å². The van der Waals surface area contributed by atoms with Gasteiger partial charge in [-0.3, -0.25) is 0 Å². The van der Waals surface area contributed by atoms with Crippen molar-refractivity contribution in [2.24, 2.45) is 0 Å². The second-order valence-electron chi connectivity index (χ2n) is 6.71. The van der Waals surface area contributed by atoms with Gasteiger partial charge in [0.15, 0.2) is 5.13 Å². The second-order valence-corrected chi connectivity index (χ2v) is 10.8. The van der Waals surface area contributed by atoms with Crippen LogP contribution in [0.5, 0.6) is 5.75 Å². The highest BCUT2D eigenvalue weighted by atomic mass is 79.9. The average Bonchev–Trinajstić information content (AvgIpc) is 3.24. The Kier molecular flexibility index (Phi) is 6.36. The number of aromatic nitrogens is 1. The van der Waals surface area contributed by atoms with Gasteiger partial charge in [0.05, 0.1) is 17.8 Å². The van der Waals surface area contributed by atoms with Crippen molar-refractivity contribution in [3.63, 3.8) is 0 Å². The fraction of sp³-hybridized carbons (Fsp3) is 0.250. The van der Waals surface area contributed by atoms with Gasteiger partial charge >= 0.3 is 0 Å². The van der Waals surface area contributed by atoms with Gasteiger partial charge in [-0.2, -0.15) is 4.31 Å². The zero-order valence-corrected chi connectivity index (χ0v) is 20.1. The summed E-state index contributed by atoms with van der Waals surface area (Å²) in [5, 5.41) is 3.12. The Morgan fingerprint density at radius 1 is 1.10 bits per heavy atom. The fourth-order valence-corrected chi connectivity index (χ4v) is 6.57. The average molecular weight is 529 g/mol. The summed E-state index contributed by atoms with van der Waals surface area (Å²) < 4.78 is 33.4. The first-order chi connectivity index (χ1) is 14.4. The molecule has 2 heterocycles. The maximum Gasteiger partial charge on any atom is 0.244 e. The maximum atomic E-state index is 13.0. The summed E-state index contributed by atoms with van der Waals surface area (Å²) >= 11 is 11.0. The van der Waals surface area contributed by atoms with Gasteiger partial charge in [0.2, 0.25) is 10.0 Å². The van der Waals surface area contributed by atoms with E-state index in [1.54, 1.807) is 30.6 Å². The number of anilines is 1. The Morgan fingerprint density at radius 2 is 1.80 bits per heavy atom. The van der Waals surface area contributed by atoms with Gasteiger partial charge in [-0.25, -0.2) is 13.4 Å². The van der Waals surface area contributed by atoms with E-state index in [0.29, 0.717) is 26.2 Å². The molecule has 0 saturated carbocycles. The molecule has 1 aromatic heterocycles. The van der Waals surface area contributed by atoms with Crippen LogP contribution in [-0.2, 0) is 10.0 Å². The van der Waals surface area contributed by atoms with E-state index in [0.717, 1.165) is 26.6 Å². The first kappa shape index (κ1) is 21.6. The zero-order chi connectivity index (χ0) is 21.3. The van der Waals surface area contributed by atoms with Gasteiger partial charge in [0, 0.05) is 41.6 Å². The predicted molar refractivity (Wildman–Crippen MR) is 124 cm³/mol. The minimum atomic E-state index is -3.63. The van der Waals surface area contributed by atoms with E-state index in [9.17, 15) is 8.42 Å². The third-order valence-corrected chi connectivity index (χ3v) is 8.67. The van der Waals surface area contributed by atoms with Crippen LogP contribution in [0.1, 0.15) is 0 Å². The number of methoxy groups -OCH3 is 1. The van der Waals surface area contributed by atoms with Crippen molar-refractivity contribution >= 4 is 54.0 Å². The first-order valence-electron chi connectivity index (χ1n) is 9.18. The van der Waals surface area contributed by atoms with E-state index in [2.05, 4.69) is 20.8 Å². The number of rotatable bonds is 5. The van der Waals surface area contributed by atoms with Crippen LogP contribution in [0.2, 0.25) is 5.02 Å². The van der Waals surface area contributed by atoms with E-state index < -0.39 is 10.0 Å². The molecule has 10 heteroatoms. The van der Waals surface area contributed by atoms with Crippen LogP contribution >= 0.6 is 38.9 Å². The number of nitrogens with zero attached hydrogens (tertiary/aromatic N) is 3. The largest absolute Gasteiger partial charge is 0.497 e. The topological polar surface area (TPSA) is 62.7 Å². The first-order valence-corrected chi connectivity index (χ1v) is 12.7. The number of hydrogen-bond donors (Lipinski definition) is 0. The van der Waals surface area contributed by atoms with Crippen molar-refractivity contribution in [1.82, 2.24) is 9.29 Å². The van der Waals surface area contributed by atoms with Crippen LogP contribution in [0.15, 0.2) is 57.2 Å². The number of ether oxygens (including phenoxy) is 1. The molecule has 0 radical (unpaired) electrons. The molecule has 158 valence electrons. The number of piperazine rings is 1. The molecular weight excluding hydrogens is 510 g/mol. The molecule has 0 atom stereocenters. The van der Waals surface area contributed by atoms with Crippen molar-refractivity contribution in [3.8, 4) is 17.0 Å². The number of hydrogen-bond acceptors (Lipinski definition) is 6. The van der Waals surface area contributed by atoms with E-state index in [-0.39, 0.29) is 9.92 Å². The minimum absolute atomic E-state index is 0.136. The highest BCUT2D eigenvalue weighted by Crippen LogP contribution is 2.31. The van der Waals surface area contributed by atoms with E-state index in [1.165, 1.54) is 10.4 Å². The van der Waals surface area contributed by atoms with Gasteiger partial charge in [-0.05, 0) is 42.5 Å². The molecule has 3 aromatic rings. The normalized spacial score (nSPS) is 15.4. The molecule has 1 saturated heterocycles. The van der Waals surface area contributed by atoms with Gasteiger partial charge in [0.1, 0.15) is 10.6 Å². The number of thiazole rings is 1. The van der Waals surface area contributed by atoms with Crippen molar-refractivity contribution < 1.29 is 13.2 Å². The molecule has 1 aliphatic heterocycles. The monoisotopic (exact) mass is 527 g/mol. The van der Waals surface area contributed by atoms with Crippen molar-refractivity contribution in [2.45, 2.75) is 4.90 Å². The Bertz CT molecular complexity index is 1140. The summed E-state index contributed by atoms with van der Waals surface area (Å²) in [6, 6.07) is 12.6. The molecule has 0 amide bonds. The van der Waals surface area contributed by atoms with Crippen LogP contribution in [0.4, 0.5) is 5.13 Å². The van der Waals surface area contributed by atoms with Crippen LogP contribution in [0, 0.1) is 0 Å². The Balaban J connectivity index is 1.45. The van der Waals surface area contributed by atoms with E-state index >= 15 is 0 Å². The predicted octanol–water partition coefficient (Wildman–Crippen LogP) is 4.75. The Hall–Kier alpha value is -1.65. The standard InChI is InChI=1S/C20H19BrClN3O3S2/c1-28-16-5-2-14(3-6-16)18-13-29-20(23-18)24-8-10-25(11-9-24)30(26,27)19-7-4-15(21)12-17(19)22/h2-7,12-13H,8-11H2,1H3. The van der Waals surface area contributed by atoms with E-state index in [4.69, 9.17) is 21.3 Å². The molecule has 0 spiro atoms. The van der Waals surface area contributed by atoms with Gasteiger partial charge in [-0.1, -0.05) is 27.5 Å². The minimum Gasteiger partial charge on any atom is -0.497 e. The lowest BCUT2D eigenvalue weighted by Gasteiger charge is -2.33. The third kappa shape index (κ3) is 4.36. The molecule has 0 bridgehead atoms. The number of sulfonamides is 1. The lowest BCUT2D eigenvalue weighted by molar-refractivity contribution is 0.385. The summed E-state index contributed by atoms with van der Waals surface area (Å²) in [5.41, 5.74) is 1.92. The SMILES string of the molecule is COc1ccc(-c2csc(N3CCN(S(=O)(=O)c4ccc(Br)cc4Cl)CC3)n2)cc1. The molecule has 4 rings (SSSR count). The molecule has 0 unspecified atom stereocenters. The highest BCUT2D eigenvalue weighted by Gasteiger charge is 2.31. The van der Waals surface area contributed by atoms with Gasteiger partial charge in [0.25, 0.3) is 0 Å². The van der Waals surface area contributed by atoms with Crippen molar-refractivity contribution in [2.75, 3.05) is 38.2 Å². The molecule has 1 aliphatic rings. The molecule has 2 aromatic carbocycles. The summed E-state index contributed by atoms with van der Waals surface area (Å²) in [7, 11) is -2.00. The smallest absolute Gasteiger partial charge is 0.244 e. The summed E-state index contributed by atoms with van der Waals surface area (Å²) in [6.07, 6.45) is 0. The van der Waals surface area contributed by atoms with E-state index in [1.807, 2.05) is 29.6 Å². The van der Waals surface area contributed by atoms with Crippen LogP contribution in [0.25, 0.3) is 11.3 Å². The molecule has 0 N–H and O–H groups in total. The lowest BCUT2D eigenvalue weighted by atomic mass is 10.2. The molecule has 6 nitrogen and oxygen atoms in total. The van der Waals surface area contributed by atoms with Crippen LogP contribution in [0.3, 0.4) is 0 Å². The van der Waals surface area contributed by atoms with Gasteiger partial charge < -0.3 is 9.64 Å². The maximum absolute atomic E-state index is 13.0. The lowest BCUT2D eigenvalue weighted by Crippen LogP contribution is -2.48. The Morgan fingerprint density at radius 3 is 2.43 bits per heavy atom. The summed E-state index contributed by atoms with van der Waals surface area (Å²) in [6.45, 7) is 1.91. The van der Waals surface area contributed by atoms with Crippen molar-refractivity contribution in [3.05, 3.63) is 57.3 Å². The van der Waals surface area contributed by atoms with Crippen LogP contribution in [-0.4, -0.2) is 51.0 Å². The molecular formula is C20H19BrClN3O3S2. The molecule has 0 aliphatic carbocycles.